The molecular weight excluding hydrogens is 247 g/mol. The van der Waals surface area contributed by atoms with Crippen LogP contribution >= 0.6 is 7.92 Å². The minimum absolute atomic E-state index is 0.0186. The molecule has 0 radical (unpaired) electrons. The van der Waals surface area contributed by atoms with E-state index in [1.165, 1.54) is 19.3 Å². The van der Waals surface area contributed by atoms with Gasteiger partial charge in [0.05, 0.1) is 0 Å². The maximum atomic E-state index is 2.39. The topological polar surface area (TPSA) is 0 Å². The molecule has 0 N–H and O–H groups in total. The van der Waals surface area contributed by atoms with E-state index in [2.05, 4.69) is 44.2 Å². The van der Waals surface area contributed by atoms with E-state index in [1.54, 1.807) is 17.3 Å². The third-order valence-electron chi connectivity index (χ3n) is 5.67. The molecule has 5 atom stereocenters. The van der Waals surface area contributed by atoms with Gasteiger partial charge in [-0.15, -0.1) is 0 Å². The Kier molecular flexibility index (Phi) is 2.85. The van der Waals surface area contributed by atoms with Crippen molar-refractivity contribution in [2.75, 3.05) is 0 Å². The summed E-state index contributed by atoms with van der Waals surface area (Å²) in [6.07, 6.45) is 6.03. The average molecular weight is 270 g/mol. The van der Waals surface area contributed by atoms with Gasteiger partial charge in [0.2, 0.25) is 0 Å². The summed E-state index contributed by atoms with van der Waals surface area (Å²) in [5.41, 5.74) is 2.64. The lowest BCUT2D eigenvalue weighted by molar-refractivity contribution is 0.353. The van der Waals surface area contributed by atoms with Crippen molar-refractivity contribution in [3.63, 3.8) is 0 Å². The Morgan fingerprint density at radius 2 is 1.79 bits per heavy atom. The fourth-order valence-corrected chi connectivity index (χ4v) is 8.76. The molecule has 5 unspecified atom stereocenters. The summed E-state index contributed by atoms with van der Waals surface area (Å²) < 4.78 is 0. The number of fused-ring (bicyclic) bond motifs is 5. The third kappa shape index (κ3) is 1.76. The summed E-state index contributed by atoms with van der Waals surface area (Å²) in [4.78, 5) is 0. The van der Waals surface area contributed by atoms with Crippen molar-refractivity contribution in [3.8, 4) is 0 Å². The lowest BCUT2D eigenvalue weighted by Gasteiger charge is -2.29. The molecule has 2 aliphatic carbocycles. The van der Waals surface area contributed by atoms with Crippen LogP contribution in [0.2, 0.25) is 0 Å². The molecule has 0 aromatic heterocycles. The highest BCUT2D eigenvalue weighted by Crippen LogP contribution is 2.71. The van der Waals surface area contributed by atoms with Crippen LogP contribution < -0.4 is 5.30 Å². The van der Waals surface area contributed by atoms with Crippen LogP contribution in [0.25, 0.3) is 0 Å². The molecule has 100 valence electrons. The maximum Gasteiger partial charge on any atom is -0.00692 e. The summed E-state index contributed by atoms with van der Waals surface area (Å²) in [6, 6.07) is 11.4. The van der Waals surface area contributed by atoms with Gasteiger partial charge in [0, 0.05) is 0 Å². The van der Waals surface area contributed by atoms with E-state index in [0.29, 0.717) is 0 Å². The number of allylic oxidation sites excluding steroid dienone is 2. The van der Waals surface area contributed by atoms with Crippen LogP contribution in [0.1, 0.15) is 39.5 Å². The van der Waals surface area contributed by atoms with E-state index in [0.717, 1.165) is 23.4 Å². The summed E-state index contributed by atoms with van der Waals surface area (Å²) in [5, 5.41) is 3.49. The van der Waals surface area contributed by atoms with Crippen molar-refractivity contribution in [3.05, 3.63) is 41.2 Å². The highest BCUT2D eigenvalue weighted by Gasteiger charge is 2.55. The smallest absolute Gasteiger partial charge is 0.00692 e. The Hall–Kier alpha value is -0.610. The summed E-state index contributed by atoms with van der Waals surface area (Å²) in [6.45, 7) is 4.69. The minimum atomic E-state index is -0.0186. The molecule has 2 bridgehead atoms. The zero-order chi connectivity index (χ0) is 13.0. The van der Waals surface area contributed by atoms with E-state index in [-0.39, 0.29) is 7.92 Å². The van der Waals surface area contributed by atoms with Crippen molar-refractivity contribution in [1.82, 2.24) is 0 Å². The molecule has 1 saturated heterocycles. The van der Waals surface area contributed by atoms with Crippen LogP contribution in [-0.2, 0) is 0 Å². The second-order valence-corrected chi connectivity index (χ2v) is 9.24. The van der Waals surface area contributed by atoms with E-state index in [9.17, 15) is 0 Å². The summed E-state index contributed by atoms with van der Waals surface area (Å²) in [5.74, 6) is 3.16. The standard InChI is InChI=1S/C18H23P/c1-12(2)17-11-16-13-8-9-14(10-13)18(16)19(17)15-6-4-3-5-7-15/h3-7,13-14,16,18H,8-11H2,1-2H3. The van der Waals surface area contributed by atoms with Crippen molar-refractivity contribution in [2.45, 2.75) is 45.2 Å². The van der Waals surface area contributed by atoms with Crippen molar-refractivity contribution in [2.24, 2.45) is 17.8 Å². The zero-order valence-electron chi connectivity index (χ0n) is 12.0. The third-order valence-corrected chi connectivity index (χ3v) is 9.14. The lowest BCUT2D eigenvalue weighted by atomic mass is 9.86. The first kappa shape index (κ1) is 12.2. The molecule has 3 fully saturated rings. The quantitative estimate of drug-likeness (QED) is 0.636. The van der Waals surface area contributed by atoms with Gasteiger partial charge in [-0.1, -0.05) is 35.9 Å². The van der Waals surface area contributed by atoms with E-state index >= 15 is 0 Å². The van der Waals surface area contributed by atoms with Crippen molar-refractivity contribution >= 4 is 13.2 Å². The Morgan fingerprint density at radius 3 is 2.53 bits per heavy atom. The van der Waals surface area contributed by atoms with Crippen LogP contribution in [0.3, 0.4) is 0 Å². The highest BCUT2D eigenvalue weighted by molar-refractivity contribution is 7.70. The molecule has 1 heterocycles. The highest BCUT2D eigenvalue weighted by atomic mass is 31.1. The molecule has 1 aliphatic heterocycles. The number of rotatable bonds is 1. The van der Waals surface area contributed by atoms with Gasteiger partial charge < -0.3 is 0 Å². The molecule has 2 saturated carbocycles. The van der Waals surface area contributed by atoms with Gasteiger partial charge in [-0.2, -0.15) is 0 Å². The van der Waals surface area contributed by atoms with Crippen molar-refractivity contribution in [1.29, 1.82) is 0 Å². The van der Waals surface area contributed by atoms with E-state index in [1.807, 2.05) is 5.31 Å². The second-order valence-electron chi connectivity index (χ2n) is 6.84. The molecule has 3 aliphatic rings. The first-order chi connectivity index (χ1) is 9.25. The fourth-order valence-electron chi connectivity index (χ4n) is 4.93. The summed E-state index contributed by atoms with van der Waals surface area (Å²) >= 11 is 0. The SMILES string of the molecule is CC(C)=C1CC2C3CCC(C3)C2P1c1ccccc1. The Labute approximate surface area is 118 Å². The monoisotopic (exact) mass is 270 g/mol. The molecule has 1 heteroatoms. The van der Waals surface area contributed by atoms with Gasteiger partial charge in [-0.25, -0.2) is 0 Å². The second kappa shape index (κ2) is 4.45. The first-order valence-corrected chi connectivity index (χ1v) is 9.17. The van der Waals surface area contributed by atoms with Gasteiger partial charge in [0.15, 0.2) is 0 Å². The largest absolute Gasteiger partial charge is 0.0724 e. The Bertz CT molecular complexity index is 512. The maximum absolute atomic E-state index is 2.39. The Morgan fingerprint density at radius 1 is 1.05 bits per heavy atom. The first-order valence-electron chi connectivity index (χ1n) is 7.76. The van der Waals surface area contributed by atoms with E-state index < -0.39 is 0 Å². The van der Waals surface area contributed by atoms with Crippen LogP contribution in [0.15, 0.2) is 41.2 Å². The lowest BCUT2D eigenvalue weighted by Crippen LogP contribution is -2.23. The van der Waals surface area contributed by atoms with E-state index in [4.69, 9.17) is 0 Å². The van der Waals surface area contributed by atoms with Crippen molar-refractivity contribution < 1.29 is 0 Å². The minimum Gasteiger partial charge on any atom is -0.0724 e. The number of hydrogen-bond acceptors (Lipinski definition) is 0. The molecule has 0 nitrogen and oxygen atoms in total. The molecule has 4 rings (SSSR count). The average Bonchev–Trinajstić information content (AvgIpc) is 3.10. The van der Waals surface area contributed by atoms with Gasteiger partial charge in [0.25, 0.3) is 0 Å². The zero-order valence-corrected chi connectivity index (χ0v) is 12.9. The van der Waals surface area contributed by atoms with Crippen LogP contribution in [0, 0.1) is 17.8 Å². The predicted molar refractivity (Wildman–Crippen MR) is 84.1 cm³/mol. The molecule has 1 aromatic carbocycles. The predicted octanol–water partition coefficient (Wildman–Crippen LogP) is 4.91. The fraction of sp³-hybridized carbons (Fsp3) is 0.556. The van der Waals surface area contributed by atoms with Crippen LogP contribution in [0.4, 0.5) is 0 Å². The summed E-state index contributed by atoms with van der Waals surface area (Å²) in [7, 11) is -0.0186. The molecule has 0 spiro atoms. The molecular formula is C18H23P. The van der Waals surface area contributed by atoms with Gasteiger partial charge in [-0.05, 0) is 81.5 Å². The normalized spacial score (nSPS) is 39.7. The Balaban J connectivity index is 1.79. The van der Waals surface area contributed by atoms with Gasteiger partial charge in [-0.3, -0.25) is 0 Å². The van der Waals surface area contributed by atoms with Crippen LogP contribution in [-0.4, -0.2) is 5.66 Å². The molecule has 0 amide bonds. The number of hydrogen-bond donors (Lipinski definition) is 0. The van der Waals surface area contributed by atoms with Gasteiger partial charge in [0.1, 0.15) is 0 Å². The molecule has 1 aromatic rings. The van der Waals surface area contributed by atoms with Gasteiger partial charge >= 0.3 is 0 Å². The molecule has 19 heavy (non-hydrogen) atoms. The number of benzene rings is 1. The van der Waals surface area contributed by atoms with Crippen LogP contribution in [0.5, 0.6) is 0 Å².